The number of hydrogen-bond acceptors (Lipinski definition) is 3. The molecule has 1 aromatic carbocycles. The smallest absolute Gasteiger partial charge is 0.438 e. The molecule has 0 fully saturated rings. The molecule has 3 nitrogen and oxygen atoms in total. The zero-order valence-corrected chi connectivity index (χ0v) is 15.0. The Balaban J connectivity index is 2.66. The van der Waals surface area contributed by atoms with Crippen molar-refractivity contribution in [1.29, 1.82) is 0 Å². The van der Waals surface area contributed by atoms with E-state index in [1.165, 1.54) is 62.3 Å². The number of benzene rings is 1. The van der Waals surface area contributed by atoms with Crippen LogP contribution in [0.2, 0.25) is 0 Å². The minimum atomic E-state index is -0.604. The average Bonchev–Trinajstić information content (AvgIpc) is 2.55. The van der Waals surface area contributed by atoms with Crippen LogP contribution in [-0.4, -0.2) is 19.9 Å². The van der Waals surface area contributed by atoms with Gasteiger partial charge in [0.15, 0.2) is 0 Å². The number of carbonyl (C=O) groups excluding carboxylic acids is 1. The SMILES string of the molecule is CCCCCc1cc(CCCCC)cc(CCOC(=O)OC)c1. The Hall–Kier alpha value is -1.51. The van der Waals surface area contributed by atoms with Gasteiger partial charge < -0.3 is 9.47 Å². The number of ether oxygens (including phenoxy) is 2. The fourth-order valence-corrected chi connectivity index (χ4v) is 2.74. The molecule has 1 aromatic rings. The lowest BCUT2D eigenvalue weighted by Crippen LogP contribution is -2.07. The van der Waals surface area contributed by atoms with E-state index in [0.29, 0.717) is 6.61 Å². The van der Waals surface area contributed by atoms with Gasteiger partial charge in [0.1, 0.15) is 0 Å². The van der Waals surface area contributed by atoms with E-state index in [-0.39, 0.29) is 0 Å². The van der Waals surface area contributed by atoms with E-state index in [4.69, 9.17) is 4.74 Å². The third-order valence-electron chi connectivity index (χ3n) is 4.03. The highest BCUT2D eigenvalue weighted by molar-refractivity contribution is 5.59. The number of rotatable bonds is 11. The van der Waals surface area contributed by atoms with Gasteiger partial charge in [-0.25, -0.2) is 4.79 Å². The maximum Gasteiger partial charge on any atom is 0.507 e. The van der Waals surface area contributed by atoms with Crippen LogP contribution in [0.1, 0.15) is 69.1 Å². The van der Waals surface area contributed by atoms with Gasteiger partial charge >= 0.3 is 6.16 Å². The summed E-state index contributed by atoms with van der Waals surface area (Å²) in [5.41, 5.74) is 4.09. The molecule has 0 amide bonds. The van der Waals surface area contributed by atoms with Crippen molar-refractivity contribution in [2.24, 2.45) is 0 Å². The maximum absolute atomic E-state index is 11.0. The number of methoxy groups -OCH3 is 1. The summed E-state index contributed by atoms with van der Waals surface area (Å²) in [4.78, 5) is 11.0. The van der Waals surface area contributed by atoms with Gasteiger partial charge in [-0.15, -0.1) is 0 Å². The summed E-state index contributed by atoms with van der Waals surface area (Å²) in [6.45, 7) is 4.84. The van der Waals surface area contributed by atoms with Gasteiger partial charge in [0.25, 0.3) is 0 Å². The molecule has 0 saturated heterocycles. The molecule has 3 heteroatoms. The minimum Gasteiger partial charge on any atom is -0.438 e. The van der Waals surface area contributed by atoms with Gasteiger partial charge in [0.2, 0.25) is 0 Å². The molecular weight excluding hydrogens is 288 g/mol. The quantitative estimate of drug-likeness (QED) is 0.400. The van der Waals surface area contributed by atoms with Crippen LogP contribution in [0.3, 0.4) is 0 Å². The predicted octanol–water partition coefficient (Wildman–Crippen LogP) is 5.48. The Labute approximate surface area is 141 Å². The van der Waals surface area contributed by atoms with Crippen molar-refractivity contribution in [3.63, 3.8) is 0 Å². The van der Waals surface area contributed by atoms with E-state index in [1.54, 1.807) is 0 Å². The molecule has 0 heterocycles. The summed E-state index contributed by atoms with van der Waals surface area (Å²) < 4.78 is 9.52. The van der Waals surface area contributed by atoms with Crippen molar-refractivity contribution in [1.82, 2.24) is 0 Å². The minimum absolute atomic E-state index is 0.374. The summed E-state index contributed by atoms with van der Waals surface area (Å²) in [6.07, 6.45) is 9.96. The summed E-state index contributed by atoms with van der Waals surface area (Å²) in [6, 6.07) is 6.88. The molecule has 0 saturated carbocycles. The van der Waals surface area contributed by atoms with E-state index >= 15 is 0 Å². The van der Waals surface area contributed by atoms with Crippen LogP contribution >= 0.6 is 0 Å². The normalized spacial score (nSPS) is 10.6. The van der Waals surface area contributed by atoms with Crippen molar-refractivity contribution in [3.8, 4) is 0 Å². The summed E-state index contributed by atoms with van der Waals surface area (Å²) in [7, 11) is 1.34. The second-order valence-corrected chi connectivity index (χ2v) is 6.12. The Morgan fingerprint density at radius 1 is 0.826 bits per heavy atom. The topological polar surface area (TPSA) is 35.5 Å². The van der Waals surface area contributed by atoms with Crippen LogP contribution < -0.4 is 0 Å². The first-order chi connectivity index (χ1) is 11.2. The second kappa shape index (κ2) is 12.0. The van der Waals surface area contributed by atoms with E-state index in [1.807, 2.05) is 0 Å². The van der Waals surface area contributed by atoms with E-state index < -0.39 is 6.16 Å². The fraction of sp³-hybridized carbons (Fsp3) is 0.650. The highest BCUT2D eigenvalue weighted by Gasteiger charge is 2.05. The lowest BCUT2D eigenvalue weighted by atomic mass is 9.97. The molecule has 0 N–H and O–H groups in total. The molecule has 0 aliphatic carbocycles. The van der Waals surface area contributed by atoms with Crippen molar-refractivity contribution in [3.05, 3.63) is 34.9 Å². The molecule has 1 rings (SSSR count). The largest absolute Gasteiger partial charge is 0.507 e. The van der Waals surface area contributed by atoms with Gasteiger partial charge in [-0.05, 0) is 42.4 Å². The lowest BCUT2D eigenvalue weighted by molar-refractivity contribution is 0.0737. The third-order valence-corrected chi connectivity index (χ3v) is 4.03. The standard InChI is InChI=1S/C20H32O3/c1-4-6-8-10-17-14-18(11-9-7-5-2)16-19(15-17)12-13-23-20(21)22-3/h14-16H,4-13H2,1-3H3. The van der Waals surface area contributed by atoms with Crippen molar-refractivity contribution in [2.75, 3.05) is 13.7 Å². The van der Waals surface area contributed by atoms with Crippen molar-refractivity contribution >= 4 is 6.16 Å². The summed E-state index contributed by atoms with van der Waals surface area (Å²) in [5.74, 6) is 0. The van der Waals surface area contributed by atoms with E-state index in [0.717, 1.165) is 19.3 Å². The zero-order valence-electron chi connectivity index (χ0n) is 15.0. The van der Waals surface area contributed by atoms with Crippen LogP contribution in [0, 0.1) is 0 Å². The highest BCUT2D eigenvalue weighted by Crippen LogP contribution is 2.17. The molecule has 0 spiro atoms. The van der Waals surface area contributed by atoms with Crippen molar-refractivity contribution in [2.45, 2.75) is 71.6 Å². The van der Waals surface area contributed by atoms with Crippen LogP contribution in [0.15, 0.2) is 18.2 Å². The molecule has 0 aromatic heterocycles. The molecule has 0 radical (unpaired) electrons. The fourth-order valence-electron chi connectivity index (χ4n) is 2.74. The van der Waals surface area contributed by atoms with Gasteiger partial charge in [0.05, 0.1) is 13.7 Å². The molecule has 130 valence electrons. The maximum atomic E-state index is 11.0. The first kappa shape index (κ1) is 19.5. The van der Waals surface area contributed by atoms with Crippen LogP contribution in [-0.2, 0) is 28.7 Å². The molecular formula is C20H32O3. The van der Waals surface area contributed by atoms with Gasteiger partial charge in [0, 0.05) is 6.42 Å². The summed E-state index contributed by atoms with van der Waals surface area (Å²) >= 11 is 0. The monoisotopic (exact) mass is 320 g/mol. The molecule has 0 aliphatic rings. The number of carbonyl (C=O) groups is 1. The van der Waals surface area contributed by atoms with Gasteiger partial charge in [-0.1, -0.05) is 57.7 Å². The number of unbranched alkanes of at least 4 members (excludes halogenated alkanes) is 4. The number of hydrogen-bond donors (Lipinski definition) is 0. The Morgan fingerprint density at radius 2 is 1.30 bits per heavy atom. The Bertz CT molecular complexity index is 426. The Morgan fingerprint density at radius 3 is 1.74 bits per heavy atom. The van der Waals surface area contributed by atoms with E-state index in [2.05, 4.69) is 36.8 Å². The number of aryl methyl sites for hydroxylation is 2. The first-order valence-corrected chi connectivity index (χ1v) is 9.02. The van der Waals surface area contributed by atoms with E-state index in [9.17, 15) is 4.79 Å². The lowest BCUT2D eigenvalue weighted by Gasteiger charge is -2.10. The molecule has 0 atom stereocenters. The van der Waals surface area contributed by atoms with Crippen molar-refractivity contribution < 1.29 is 14.3 Å². The molecule has 23 heavy (non-hydrogen) atoms. The van der Waals surface area contributed by atoms with Gasteiger partial charge in [-0.3, -0.25) is 0 Å². The molecule has 0 aliphatic heterocycles. The predicted molar refractivity (Wildman–Crippen MR) is 95.0 cm³/mol. The zero-order chi connectivity index (χ0) is 16.9. The Kier molecular flexibility index (Phi) is 10.2. The average molecular weight is 320 g/mol. The first-order valence-electron chi connectivity index (χ1n) is 9.02. The third kappa shape index (κ3) is 8.63. The summed E-state index contributed by atoms with van der Waals surface area (Å²) in [5, 5.41) is 0. The van der Waals surface area contributed by atoms with Crippen LogP contribution in [0.5, 0.6) is 0 Å². The van der Waals surface area contributed by atoms with Crippen LogP contribution in [0.25, 0.3) is 0 Å². The molecule has 0 bridgehead atoms. The van der Waals surface area contributed by atoms with Crippen LogP contribution in [0.4, 0.5) is 4.79 Å². The highest BCUT2D eigenvalue weighted by atomic mass is 16.7. The van der Waals surface area contributed by atoms with Gasteiger partial charge in [-0.2, -0.15) is 0 Å². The second-order valence-electron chi connectivity index (χ2n) is 6.12. The molecule has 0 unspecified atom stereocenters.